The van der Waals surface area contributed by atoms with Gasteiger partial charge >= 0.3 is 5.91 Å². The topological polar surface area (TPSA) is 93.5 Å². The molecule has 0 unspecified atom stereocenters. The molecule has 0 atom stereocenters. The second kappa shape index (κ2) is 9.88. The molecule has 0 fully saturated rings. The van der Waals surface area contributed by atoms with E-state index in [0.29, 0.717) is 17.1 Å². The van der Waals surface area contributed by atoms with Gasteiger partial charge in [0, 0.05) is 27.8 Å². The Morgan fingerprint density at radius 3 is 2.75 bits per heavy atom. The minimum atomic E-state index is -0.531. The molecule has 0 aliphatic rings. The van der Waals surface area contributed by atoms with Crippen molar-refractivity contribution >= 4 is 45.9 Å². The summed E-state index contributed by atoms with van der Waals surface area (Å²) in [4.78, 5) is 29.4. The Morgan fingerprint density at radius 2 is 1.97 bits per heavy atom. The van der Waals surface area contributed by atoms with Crippen molar-refractivity contribution in [2.45, 2.75) is 23.9 Å². The number of ether oxygens (including phenoxy) is 1. The Hall–Kier alpha value is -3.30. The fraction of sp³-hybridized carbons (Fsp3) is 0.174. The molecule has 2 aromatic carbocycles. The Kier molecular flexibility index (Phi) is 6.77. The summed E-state index contributed by atoms with van der Waals surface area (Å²) in [6.07, 6.45) is 0. The first-order chi connectivity index (χ1) is 15.5. The zero-order valence-electron chi connectivity index (χ0n) is 17.5. The lowest BCUT2D eigenvalue weighted by molar-refractivity contribution is -0.123. The quantitative estimate of drug-likeness (QED) is 0.304. The maximum Gasteiger partial charge on any atom is 0.305 e. The van der Waals surface area contributed by atoms with Gasteiger partial charge in [-0.3, -0.25) is 20.4 Å². The Labute approximate surface area is 193 Å². The molecule has 2 amide bonds. The van der Waals surface area contributed by atoms with Gasteiger partial charge in [-0.2, -0.15) is 0 Å². The molecule has 0 saturated heterocycles. The summed E-state index contributed by atoms with van der Waals surface area (Å²) < 4.78 is 12.2. The number of fused-ring (bicyclic) bond motifs is 1. The highest BCUT2D eigenvalue weighted by atomic mass is 32.2. The number of thiazole rings is 1. The van der Waals surface area contributed by atoms with E-state index in [1.165, 1.54) is 11.8 Å². The molecule has 2 heterocycles. The number of carbonyl (C=O) groups is 2. The van der Waals surface area contributed by atoms with Gasteiger partial charge in [-0.1, -0.05) is 42.1 Å². The van der Waals surface area contributed by atoms with Crippen LogP contribution in [-0.4, -0.2) is 23.4 Å². The van der Waals surface area contributed by atoms with Gasteiger partial charge in [0.1, 0.15) is 15.7 Å². The number of amides is 2. The summed E-state index contributed by atoms with van der Waals surface area (Å²) in [5, 5.41) is 2.84. The molecule has 2 N–H and O–H groups in total. The molecule has 4 aromatic rings. The molecule has 0 aliphatic heterocycles. The van der Waals surface area contributed by atoms with Crippen LogP contribution in [0.15, 0.2) is 62.7 Å². The average Bonchev–Trinajstić information content (AvgIpc) is 3.37. The number of nitrogens with one attached hydrogen (secondary N) is 2. The Morgan fingerprint density at radius 1 is 1.12 bits per heavy atom. The first-order valence-corrected chi connectivity index (χ1v) is 11.7. The minimum absolute atomic E-state index is 0.159. The van der Waals surface area contributed by atoms with Crippen molar-refractivity contribution in [3.63, 3.8) is 0 Å². The molecule has 0 saturated carbocycles. The number of hydrazine groups is 1. The normalized spacial score (nSPS) is 10.8. The van der Waals surface area contributed by atoms with Gasteiger partial charge < -0.3 is 9.15 Å². The van der Waals surface area contributed by atoms with Crippen LogP contribution in [0, 0.1) is 13.8 Å². The molecule has 0 bridgehead atoms. The summed E-state index contributed by atoms with van der Waals surface area (Å²) in [5.74, 6) is 0.241. The molecular weight excluding hydrogens is 446 g/mol. The number of benzene rings is 2. The lowest BCUT2D eigenvalue weighted by atomic mass is 10.1. The number of aryl methyl sites for hydroxylation is 2. The van der Waals surface area contributed by atoms with E-state index in [4.69, 9.17) is 9.15 Å². The average molecular weight is 468 g/mol. The fourth-order valence-electron chi connectivity index (χ4n) is 3.03. The third-order valence-corrected chi connectivity index (χ3v) is 6.68. The third kappa shape index (κ3) is 5.30. The molecule has 0 spiro atoms. The number of hydrogen-bond donors (Lipinski definition) is 2. The molecule has 4 rings (SSSR count). The summed E-state index contributed by atoms with van der Waals surface area (Å²) >= 11 is 3.10. The van der Waals surface area contributed by atoms with Crippen molar-refractivity contribution in [3.05, 3.63) is 76.5 Å². The van der Waals surface area contributed by atoms with Gasteiger partial charge in [0.05, 0.1) is 0 Å². The van der Waals surface area contributed by atoms with Crippen LogP contribution in [0.3, 0.4) is 0 Å². The lowest BCUT2D eigenvalue weighted by Crippen LogP contribution is -2.44. The summed E-state index contributed by atoms with van der Waals surface area (Å²) in [6, 6.07) is 14.8. The van der Waals surface area contributed by atoms with Gasteiger partial charge in [-0.15, -0.1) is 11.3 Å². The minimum Gasteiger partial charge on any atom is -0.484 e. The largest absolute Gasteiger partial charge is 0.484 e. The van der Waals surface area contributed by atoms with Crippen molar-refractivity contribution in [2.24, 2.45) is 0 Å². The van der Waals surface area contributed by atoms with Crippen LogP contribution in [0.25, 0.3) is 11.0 Å². The maximum atomic E-state index is 12.8. The van der Waals surface area contributed by atoms with Crippen LogP contribution in [-0.2, 0) is 10.5 Å². The van der Waals surface area contributed by atoms with E-state index >= 15 is 0 Å². The Bertz CT molecular complexity index is 1270. The summed E-state index contributed by atoms with van der Waals surface area (Å²) in [7, 11) is 0. The van der Waals surface area contributed by atoms with Gasteiger partial charge in [-0.25, -0.2) is 4.98 Å². The third-order valence-electron chi connectivity index (χ3n) is 4.52. The summed E-state index contributed by atoms with van der Waals surface area (Å²) in [6.45, 7) is 3.65. The van der Waals surface area contributed by atoms with E-state index in [1.807, 2.05) is 61.7 Å². The van der Waals surface area contributed by atoms with Gasteiger partial charge in [0.15, 0.2) is 12.4 Å². The van der Waals surface area contributed by atoms with Gasteiger partial charge in [-0.05, 0) is 37.6 Å². The maximum absolute atomic E-state index is 12.8. The highest BCUT2D eigenvalue weighted by Crippen LogP contribution is 2.33. The zero-order chi connectivity index (χ0) is 22.5. The zero-order valence-corrected chi connectivity index (χ0v) is 19.1. The van der Waals surface area contributed by atoms with Gasteiger partial charge in [0.25, 0.3) is 5.91 Å². The fourth-order valence-corrected chi connectivity index (χ4v) is 4.91. The molecule has 7 nitrogen and oxygen atoms in total. The monoisotopic (exact) mass is 467 g/mol. The molecule has 164 valence electrons. The second-order valence-corrected chi connectivity index (χ2v) is 9.14. The number of furan rings is 1. The molecule has 32 heavy (non-hydrogen) atoms. The van der Waals surface area contributed by atoms with Crippen molar-refractivity contribution < 1.29 is 18.7 Å². The molecule has 0 radical (unpaired) electrons. The number of para-hydroxylation sites is 1. The predicted molar refractivity (Wildman–Crippen MR) is 125 cm³/mol. The van der Waals surface area contributed by atoms with E-state index in [-0.39, 0.29) is 12.4 Å². The molecule has 0 aliphatic carbocycles. The highest BCUT2D eigenvalue weighted by molar-refractivity contribution is 8.00. The number of nitrogens with zero attached hydrogens (tertiary/aromatic N) is 1. The van der Waals surface area contributed by atoms with Crippen LogP contribution in [0.5, 0.6) is 5.75 Å². The number of rotatable bonds is 7. The standard InChI is InChI=1S/C23H21N3O4S2/c1-14-6-5-7-16(10-14)29-11-20(27)25-26-22(28)21-18(13-32-23-24-15(2)12-31-23)17-8-3-4-9-19(17)30-21/h3-10,12H,11,13H2,1-2H3,(H,25,27)(H,26,28). The first kappa shape index (κ1) is 21.9. The summed E-state index contributed by atoms with van der Waals surface area (Å²) in [5.41, 5.74) is 8.14. The van der Waals surface area contributed by atoms with E-state index in [2.05, 4.69) is 15.8 Å². The number of aromatic nitrogens is 1. The van der Waals surface area contributed by atoms with Crippen LogP contribution >= 0.6 is 23.1 Å². The van der Waals surface area contributed by atoms with E-state index < -0.39 is 11.8 Å². The number of thioether (sulfide) groups is 1. The lowest BCUT2D eigenvalue weighted by Gasteiger charge is -2.09. The molecule has 2 aromatic heterocycles. The van der Waals surface area contributed by atoms with E-state index in [1.54, 1.807) is 17.4 Å². The molecular formula is C23H21N3O4S2. The number of hydrogen-bond acceptors (Lipinski definition) is 7. The predicted octanol–water partition coefficient (Wildman–Crippen LogP) is 4.64. The van der Waals surface area contributed by atoms with E-state index in [0.717, 1.165) is 26.5 Å². The van der Waals surface area contributed by atoms with Gasteiger partial charge in [0.2, 0.25) is 0 Å². The Balaban J connectivity index is 1.41. The van der Waals surface area contributed by atoms with Crippen molar-refractivity contribution in [3.8, 4) is 5.75 Å². The SMILES string of the molecule is Cc1cccc(OCC(=O)NNC(=O)c2oc3ccccc3c2CSc2nc(C)cs2)c1. The van der Waals surface area contributed by atoms with Crippen LogP contribution in [0.4, 0.5) is 0 Å². The van der Waals surface area contributed by atoms with Crippen LogP contribution < -0.4 is 15.6 Å². The van der Waals surface area contributed by atoms with Crippen molar-refractivity contribution in [1.82, 2.24) is 15.8 Å². The van der Waals surface area contributed by atoms with E-state index in [9.17, 15) is 9.59 Å². The highest BCUT2D eigenvalue weighted by Gasteiger charge is 2.21. The van der Waals surface area contributed by atoms with Crippen molar-refractivity contribution in [2.75, 3.05) is 6.61 Å². The first-order valence-electron chi connectivity index (χ1n) is 9.83. The van der Waals surface area contributed by atoms with Crippen LogP contribution in [0.2, 0.25) is 0 Å². The second-order valence-electron chi connectivity index (χ2n) is 7.06. The van der Waals surface area contributed by atoms with Crippen LogP contribution in [0.1, 0.15) is 27.4 Å². The number of carbonyl (C=O) groups excluding carboxylic acids is 2. The smallest absolute Gasteiger partial charge is 0.305 e. The molecule has 9 heteroatoms. The van der Waals surface area contributed by atoms with Crippen molar-refractivity contribution in [1.29, 1.82) is 0 Å².